The molecular weight excluding hydrogens is 251 g/mol. The van der Waals surface area contributed by atoms with Gasteiger partial charge in [0.15, 0.2) is 0 Å². The monoisotopic (exact) mass is 270 g/mol. The SMILES string of the molecule is C[Si](C)(C)P=C(c1ccccc1)c1ccccc1. The third-order valence-corrected chi connectivity index (χ3v) is 6.64. The quantitative estimate of drug-likeness (QED) is 0.541. The minimum Gasteiger partial charge on any atom is -0.118 e. The molecule has 0 amide bonds. The number of hydrogen-bond donors (Lipinski definition) is 0. The van der Waals surface area contributed by atoms with Crippen molar-refractivity contribution < 1.29 is 0 Å². The predicted octanol–water partition coefficient (Wildman–Crippen LogP) is 5.04. The van der Waals surface area contributed by atoms with E-state index in [4.69, 9.17) is 0 Å². The van der Waals surface area contributed by atoms with E-state index in [2.05, 4.69) is 80.3 Å². The first kappa shape index (κ1) is 13.3. The fourth-order valence-corrected chi connectivity index (χ4v) is 5.84. The first-order valence-electron chi connectivity index (χ1n) is 6.27. The summed E-state index contributed by atoms with van der Waals surface area (Å²) in [6.45, 7) is 7.25. The first-order chi connectivity index (χ1) is 8.56. The van der Waals surface area contributed by atoms with Crippen molar-refractivity contribution in [3.8, 4) is 0 Å². The molecule has 2 heteroatoms. The lowest BCUT2D eigenvalue weighted by Gasteiger charge is -2.14. The number of hydrogen-bond acceptors (Lipinski definition) is 0. The molecule has 0 bridgehead atoms. The van der Waals surface area contributed by atoms with E-state index in [1.807, 2.05) is 0 Å². The molecule has 0 spiro atoms. The highest BCUT2D eigenvalue weighted by Gasteiger charge is 2.14. The van der Waals surface area contributed by atoms with Gasteiger partial charge in [-0.3, -0.25) is 0 Å². The topological polar surface area (TPSA) is 0 Å². The van der Waals surface area contributed by atoms with Gasteiger partial charge >= 0.3 is 0 Å². The Kier molecular flexibility index (Phi) is 4.16. The van der Waals surface area contributed by atoms with E-state index >= 15 is 0 Å². The summed E-state index contributed by atoms with van der Waals surface area (Å²) in [7, 11) is 0.353. The van der Waals surface area contributed by atoms with Crippen LogP contribution in [0.5, 0.6) is 0 Å². The fourth-order valence-electron chi connectivity index (χ4n) is 1.82. The third-order valence-electron chi connectivity index (χ3n) is 2.54. The predicted molar refractivity (Wildman–Crippen MR) is 86.4 cm³/mol. The second-order valence-electron chi connectivity index (χ2n) is 5.36. The molecule has 0 unspecified atom stereocenters. The fraction of sp³-hybridized carbons (Fsp3) is 0.188. The van der Waals surface area contributed by atoms with Gasteiger partial charge in [-0.1, -0.05) is 80.3 Å². The second kappa shape index (κ2) is 5.64. The molecule has 2 aromatic carbocycles. The Bertz CT molecular complexity index is 483. The molecule has 0 atom stereocenters. The Balaban J connectivity index is 2.53. The maximum atomic E-state index is 2.42. The smallest absolute Gasteiger partial charge is 0.103 e. The molecule has 0 aliphatic rings. The highest BCUT2D eigenvalue weighted by molar-refractivity contribution is 7.82. The van der Waals surface area contributed by atoms with Gasteiger partial charge in [0.1, 0.15) is 7.74 Å². The maximum Gasteiger partial charge on any atom is 0.103 e. The highest BCUT2D eigenvalue weighted by Crippen LogP contribution is 2.25. The summed E-state index contributed by atoms with van der Waals surface area (Å²) in [5.41, 5.74) is 2.71. The summed E-state index contributed by atoms with van der Waals surface area (Å²) in [6, 6.07) is 21.5. The van der Waals surface area contributed by atoms with E-state index in [9.17, 15) is 0 Å². The van der Waals surface area contributed by atoms with Gasteiger partial charge in [0.25, 0.3) is 0 Å². The van der Waals surface area contributed by atoms with Crippen LogP contribution in [0, 0.1) is 0 Å². The van der Waals surface area contributed by atoms with Crippen molar-refractivity contribution in [2.75, 3.05) is 0 Å². The molecule has 18 heavy (non-hydrogen) atoms. The van der Waals surface area contributed by atoms with E-state index in [0.717, 1.165) is 0 Å². The first-order valence-corrected chi connectivity index (χ1v) is 11.5. The van der Waals surface area contributed by atoms with E-state index in [-0.39, 0.29) is 0 Å². The van der Waals surface area contributed by atoms with Crippen molar-refractivity contribution in [2.45, 2.75) is 19.6 Å². The van der Waals surface area contributed by atoms with Gasteiger partial charge in [-0.2, -0.15) is 0 Å². The average molecular weight is 270 g/mol. The molecule has 2 aromatic rings. The Hall–Kier alpha value is -1.17. The zero-order valence-electron chi connectivity index (χ0n) is 11.2. The van der Waals surface area contributed by atoms with Crippen LogP contribution in [0.2, 0.25) is 19.6 Å². The van der Waals surface area contributed by atoms with Crippen LogP contribution in [0.1, 0.15) is 11.1 Å². The van der Waals surface area contributed by atoms with Crippen molar-refractivity contribution in [3.05, 3.63) is 71.8 Å². The van der Waals surface area contributed by atoms with Gasteiger partial charge in [-0.05, 0) is 11.1 Å². The van der Waals surface area contributed by atoms with E-state index in [1.165, 1.54) is 24.2 Å². The molecule has 0 nitrogen and oxygen atoms in total. The molecule has 0 radical (unpaired) electrons. The van der Waals surface area contributed by atoms with Crippen LogP contribution >= 0.6 is 7.75 Å². The summed E-state index contributed by atoms with van der Waals surface area (Å²) >= 11 is 0. The largest absolute Gasteiger partial charge is 0.118 e. The average Bonchev–Trinajstić information content (AvgIpc) is 2.37. The summed E-state index contributed by atoms with van der Waals surface area (Å²) in [5.74, 6) is 0. The minimum atomic E-state index is -1.15. The maximum absolute atomic E-state index is 2.42. The van der Waals surface area contributed by atoms with E-state index in [0.29, 0.717) is 0 Å². The molecule has 92 valence electrons. The normalized spacial score (nSPS) is 11.5. The highest BCUT2D eigenvalue weighted by atomic mass is 31.3. The Morgan fingerprint density at radius 1 is 0.722 bits per heavy atom. The van der Waals surface area contributed by atoms with Gasteiger partial charge in [0.2, 0.25) is 0 Å². The second-order valence-corrected chi connectivity index (χ2v) is 15.1. The molecule has 0 aromatic heterocycles. The molecule has 0 saturated heterocycles. The molecule has 0 aliphatic heterocycles. The van der Waals surface area contributed by atoms with E-state index in [1.54, 1.807) is 0 Å². The van der Waals surface area contributed by atoms with Crippen LogP contribution in [0.4, 0.5) is 0 Å². The minimum absolute atomic E-state index is 1.15. The molecule has 0 heterocycles. The zero-order chi connectivity index (χ0) is 13.0. The van der Waals surface area contributed by atoms with Gasteiger partial charge in [0, 0.05) is 5.29 Å². The standard InChI is InChI=1S/C16H19PSi/c1-18(2,3)17-16(14-10-6-4-7-11-14)15-12-8-5-9-13-15/h4-13H,1-3H3. The summed E-state index contributed by atoms with van der Waals surface area (Å²) in [4.78, 5) is 0. The van der Waals surface area contributed by atoms with E-state index < -0.39 is 7.74 Å². The molecule has 0 saturated carbocycles. The van der Waals surface area contributed by atoms with Gasteiger partial charge in [-0.25, -0.2) is 0 Å². The molecular formula is C16H19PSi. The van der Waals surface area contributed by atoms with Gasteiger partial charge in [-0.15, -0.1) is 7.75 Å². The van der Waals surface area contributed by atoms with Crippen molar-refractivity contribution in [2.24, 2.45) is 0 Å². The van der Waals surface area contributed by atoms with Crippen LogP contribution in [0.3, 0.4) is 0 Å². The van der Waals surface area contributed by atoms with Crippen LogP contribution in [0.25, 0.3) is 0 Å². The van der Waals surface area contributed by atoms with Crippen molar-refractivity contribution in [1.29, 1.82) is 0 Å². The van der Waals surface area contributed by atoms with Crippen LogP contribution in [-0.2, 0) is 0 Å². The molecule has 0 N–H and O–H groups in total. The lowest BCUT2D eigenvalue weighted by atomic mass is 10.1. The lowest BCUT2D eigenvalue weighted by Crippen LogP contribution is -2.13. The molecule has 0 aliphatic carbocycles. The Morgan fingerprint density at radius 2 is 1.11 bits per heavy atom. The van der Waals surface area contributed by atoms with Crippen LogP contribution in [-0.4, -0.2) is 13.0 Å². The molecule has 2 rings (SSSR count). The summed E-state index contributed by atoms with van der Waals surface area (Å²) in [5, 5.41) is 1.47. The van der Waals surface area contributed by atoms with Crippen molar-refractivity contribution >= 4 is 20.8 Å². The van der Waals surface area contributed by atoms with Crippen LogP contribution in [0.15, 0.2) is 60.7 Å². The van der Waals surface area contributed by atoms with Crippen LogP contribution < -0.4 is 0 Å². The number of rotatable bonds is 3. The molecule has 0 fully saturated rings. The summed E-state index contributed by atoms with van der Waals surface area (Å²) in [6.07, 6.45) is 0. The summed E-state index contributed by atoms with van der Waals surface area (Å²) < 4.78 is 0. The van der Waals surface area contributed by atoms with Gasteiger partial charge < -0.3 is 0 Å². The van der Waals surface area contributed by atoms with Crippen molar-refractivity contribution in [1.82, 2.24) is 0 Å². The van der Waals surface area contributed by atoms with Gasteiger partial charge in [0.05, 0.1) is 0 Å². The van der Waals surface area contributed by atoms with Crippen molar-refractivity contribution in [3.63, 3.8) is 0 Å². The third kappa shape index (κ3) is 3.66. The zero-order valence-corrected chi connectivity index (χ0v) is 13.1. The number of benzene rings is 2. The Labute approximate surface area is 112 Å². The lowest BCUT2D eigenvalue weighted by molar-refractivity contribution is 1.62. The Morgan fingerprint density at radius 3 is 1.44 bits per heavy atom.